The number of aromatic amines is 1. The highest BCUT2D eigenvalue weighted by Gasteiger charge is 2.14. The first-order valence-electron chi connectivity index (χ1n) is 7.34. The molecule has 3 aromatic heterocycles. The van der Waals surface area contributed by atoms with E-state index < -0.39 is 5.97 Å². The molecular formula is C16H16N4O3S. The monoisotopic (exact) mass is 344 g/mol. The van der Waals surface area contributed by atoms with E-state index in [2.05, 4.69) is 25.0 Å². The summed E-state index contributed by atoms with van der Waals surface area (Å²) in [5, 5.41) is 4.56. The number of nitrogens with one attached hydrogen (secondary N) is 2. The lowest BCUT2D eigenvalue weighted by Crippen LogP contribution is -2.26. The number of hydrogen-bond donors (Lipinski definition) is 2. The second-order valence-corrected chi connectivity index (χ2v) is 6.27. The summed E-state index contributed by atoms with van der Waals surface area (Å²) in [6.07, 6.45) is 5.41. The number of nitrogens with zero attached hydrogens (tertiary/aromatic N) is 2. The molecule has 0 aliphatic carbocycles. The van der Waals surface area contributed by atoms with Gasteiger partial charge in [-0.25, -0.2) is 14.8 Å². The second kappa shape index (κ2) is 6.79. The third kappa shape index (κ3) is 3.13. The molecule has 7 nitrogen and oxygen atoms in total. The van der Waals surface area contributed by atoms with Gasteiger partial charge in [0.2, 0.25) is 0 Å². The molecule has 0 aliphatic heterocycles. The fourth-order valence-electron chi connectivity index (χ4n) is 2.37. The molecule has 8 heteroatoms. The van der Waals surface area contributed by atoms with Crippen molar-refractivity contribution in [2.75, 3.05) is 13.7 Å². The van der Waals surface area contributed by atoms with Gasteiger partial charge < -0.3 is 15.0 Å². The Labute approximate surface area is 142 Å². The van der Waals surface area contributed by atoms with Gasteiger partial charge in [-0.2, -0.15) is 0 Å². The Hall–Kier alpha value is -2.74. The number of hydrogen-bond acceptors (Lipinski definition) is 6. The third-order valence-electron chi connectivity index (χ3n) is 3.67. The van der Waals surface area contributed by atoms with Crippen LogP contribution < -0.4 is 5.32 Å². The fourth-order valence-corrected chi connectivity index (χ4v) is 3.20. The van der Waals surface area contributed by atoms with Crippen molar-refractivity contribution in [1.82, 2.24) is 20.3 Å². The summed E-state index contributed by atoms with van der Waals surface area (Å²) in [7, 11) is 1.33. The number of aryl methyl sites for hydroxylation is 1. The van der Waals surface area contributed by atoms with E-state index in [9.17, 15) is 9.59 Å². The summed E-state index contributed by atoms with van der Waals surface area (Å²) in [5.41, 5.74) is 2.21. The quantitative estimate of drug-likeness (QED) is 0.691. The lowest BCUT2D eigenvalue weighted by atomic mass is 10.1. The number of rotatable bonds is 5. The van der Waals surface area contributed by atoms with Crippen molar-refractivity contribution in [3.63, 3.8) is 0 Å². The van der Waals surface area contributed by atoms with Crippen molar-refractivity contribution >= 4 is 34.2 Å². The summed E-state index contributed by atoms with van der Waals surface area (Å²) in [4.78, 5) is 35.6. The maximum absolute atomic E-state index is 12.3. The summed E-state index contributed by atoms with van der Waals surface area (Å²) in [5.74, 6) is -0.572. The van der Waals surface area contributed by atoms with Crippen molar-refractivity contribution in [2.24, 2.45) is 0 Å². The molecule has 0 unspecified atom stereocenters. The Morgan fingerprint density at radius 3 is 2.96 bits per heavy atom. The minimum atomic E-state index is -0.399. The zero-order valence-electron chi connectivity index (χ0n) is 13.3. The van der Waals surface area contributed by atoms with Crippen LogP contribution in [0.5, 0.6) is 0 Å². The highest BCUT2D eigenvalue weighted by molar-refractivity contribution is 7.13. The van der Waals surface area contributed by atoms with Crippen LogP contribution in [0.2, 0.25) is 0 Å². The molecule has 2 N–H and O–H groups in total. The molecule has 0 bridgehead atoms. The van der Waals surface area contributed by atoms with Gasteiger partial charge in [0.05, 0.1) is 23.9 Å². The van der Waals surface area contributed by atoms with Crippen LogP contribution >= 0.6 is 11.3 Å². The van der Waals surface area contributed by atoms with Crippen LogP contribution in [0, 0.1) is 6.92 Å². The van der Waals surface area contributed by atoms with E-state index in [0.29, 0.717) is 23.4 Å². The van der Waals surface area contributed by atoms with Crippen LogP contribution in [-0.4, -0.2) is 40.5 Å². The standard InChI is InChI=1S/C16H16N4O3S/c1-9-10-3-5-17-14(10)20-7-11(9)15(21)18-6-4-13-19-8-12(24-13)16(22)23-2/h3,5,7-8H,4,6H2,1-2H3,(H,17,20)(H,18,21). The largest absolute Gasteiger partial charge is 0.465 e. The van der Waals surface area contributed by atoms with Crippen molar-refractivity contribution in [2.45, 2.75) is 13.3 Å². The minimum Gasteiger partial charge on any atom is -0.465 e. The average Bonchev–Trinajstić information content (AvgIpc) is 3.23. The van der Waals surface area contributed by atoms with E-state index in [0.717, 1.165) is 21.6 Å². The van der Waals surface area contributed by atoms with Crippen LogP contribution in [0.25, 0.3) is 11.0 Å². The highest BCUT2D eigenvalue weighted by atomic mass is 32.1. The minimum absolute atomic E-state index is 0.173. The molecule has 0 spiro atoms. The van der Waals surface area contributed by atoms with Gasteiger partial charge >= 0.3 is 5.97 Å². The first kappa shape index (κ1) is 16.1. The number of carbonyl (C=O) groups is 2. The number of pyridine rings is 1. The smallest absolute Gasteiger partial charge is 0.349 e. The number of thiazole rings is 1. The Morgan fingerprint density at radius 1 is 1.33 bits per heavy atom. The Kier molecular flexibility index (Phi) is 4.57. The third-order valence-corrected chi connectivity index (χ3v) is 4.70. The summed E-state index contributed by atoms with van der Waals surface area (Å²) < 4.78 is 4.64. The van der Waals surface area contributed by atoms with E-state index in [4.69, 9.17) is 0 Å². The van der Waals surface area contributed by atoms with E-state index in [1.54, 1.807) is 12.4 Å². The van der Waals surface area contributed by atoms with Crippen LogP contribution in [0.1, 0.15) is 30.6 Å². The number of methoxy groups -OCH3 is 1. The summed E-state index contributed by atoms with van der Waals surface area (Å²) in [6.45, 7) is 2.33. The number of H-pyrrole nitrogens is 1. The first-order valence-corrected chi connectivity index (χ1v) is 8.15. The lowest BCUT2D eigenvalue weighted by Gasteiger charge is -2.07. The van der Waals surface area contributed by atoms with Crippen molar-refractivity contribution in [3.05, 3.63) is 45.7 Å². The van der Waals surface area contributed by atoms with E-state index in [-0.39, 0.29) is 5.91 Å². The predicted octanol–water partition coefficient (Wildman–Crippen LogP) is 2.09. The Bertz CT molecular complexity index is 900. The van der Waals surface area contributed by atoms with Gasteiger partial charge in [-0.15, -0.1) is 11.3 Å². The molecule has 1 amide bonds. The highest BCUT2D eigenvalue weighted by Crippen LogP contribution is 2.18. The molecule has 3 rings (SSSR count). The first-order chi connectivity index (χ1) is 11.6. The van der Waals surface area contributed by atoms with E-state index >= 15 is 0 Å². The van der Waals surface area contributed by atoms with Crippen LogP contribution in [0.3, 0.4) is 0 Å². The summed E-state index contributed by atoms with van der Waals surface area (Å²) in [6, 6.07) is 1.90. The van der Waals surface area contributed by atoms with Crippen molar-refractivity contribution in [3.8, 4) is 0 Å². The average molecular weight is 344 g/mol. The zero-order chi connectivity index (χ0) is 17.1. The van der Waals surface area contributed by atoms with Gasteiger partial charge in [0, 0.05) is 30.7 Å². The van der Waals surface area contributed by atoms with Gasteiger partial charge in [0.25, 0.3) is 5.91 Å². The van der Waals surface area contributed by atoms with Crippen LogP contribution in [0.15, 0.2) is 24.7 Å². The van der Waals surface area contributed by atoms with E-state index in [1.807, 2.05) is 13.0 Å². The van der Waals surface area contributed by atoms with Crippen LogP contribution in [0.4, 0.5) is 0 Å². The molecule has 3 aromatic rings. The van der Waals surface area contributed by atoms with Gasteiger partial charge in [-0.05, 0) is 18.6 Å². The maximum Gasteiger partial charge on any atom is 0.349 e. The Morgan fingerprint density at radius 2 is 2.17 bits per heavy atom. The van der Waals surface area contributed by atoms with Gasteiger partial charge in [-0.3, -0.25) is 4.79 Å². The topological polar surface area (TPSA) is 97.0 Å². The molecule has 0 atom stereocenters. The molecule has 0 radical (unpaired) electrons. The molecular weight excluding hydrogens is 328 g/mol. The number of amides is 1. The van der Waals surface area contributed by atoms with Crippen molar-refractivity contribution < 1.29 is 14.3 Å². The molecule has 24 heavy (non-hydrogen) atoms. The lowest BCUT2D eigenvalue weighted by molar-refractivity contribution is 0.0606. The maximum atomic E-state index is 12.3. The van der Waals surface area contributed by atoms with E-state index in [1.165, 1.54) is 24.6 Å². The van der Waals surface area contributed by atoms with Crippen LogP contribution in [-0.2, 0) is 11.2 Å². The predicted molar refractivity (Wildman–Crippen MR) is 90.3 cm³/mol. The molecule has 0 saturated heterocycles. The number of esters is 1. The molecule has 0 fully saturated rings. The molecule has 124 valence electrons. The molecule has 0 saturated carbocycles. The fraction of sp³-hybridized carbons (Fsp3) is 0.250. The SMILES string of the molecule is COC(=O)c1cnc(CCNC(=O)c2cnc3[nH]ccc3c2C)s1. The molecule has 0 aliphatic rings. The summed E-state index contributed by atoms with van der Waals surface area (Å²) >= 11 is 1.27. The number of carbonyl (C=O) groups excluding carboxylic acids is 2. The normalized spacial score (nSPS) is 10.8. The number of aromatic nitrogens is 3. The number of fused-ring (bicyclic) bond motifs is 1. The van der Waals surface area contributed by atoms with Gasteiger partial charge in [0.1, 0.15) is 10.5 Å². The molecule has 3 heterocycles. The number of ether oxygens (including phenoxy) is 1. The van der Waals surface area contributed by atoms with Gasteiger partial charge in [-0.1, -0.05) is 0 Å². The second-order valence-electron chi connectivity index (χ2n) is 5.15. The molecule has 0 aromatic carbocycles. The van der Waals surface area contributed by atoms with Crippen molar-refractivity contribution in [1.29, 1.82) is 0 Å². The zero-order valence-corrected chi connectivity index (χ0v) is 14.1. The van der Waals surface area contributed by atoms with Gasteiger partial charge in [0.15, 0.2) is 0 Å². The Balaban J connectivity index is 1.61.